The summed E-state index contributed by atoms with van der Waals surface area (Å²) in [6, 6.07) is 18.8. The maximum Gasteiger partial charge on any atom is 0.266 e. The quantitative estimate of drug-likeness (QED) is 0.175. The molecule has 0 spiro atoms. The van der Waals surface area contributed by atoms with Crippen LogP contribution in [0.2, 0.25) is 0 Å². The number of benzene rings is 3. The number of halogens is 4. The molecule has 8 heteroatoms. The van der Waals surface area contributed by atoms with E-state index in [1.165, 1.54) is 18.2 Å². The largest absolute Gasteiger partial charge is 0.487 e. The molecule has 0 aliphatic carbocycles. The number of nitrogens with zero attached hydrogens (tertiary/aromatic N) is 1. The molecular weight excluding hydrogens is 642 g/mol. The number of hydrogen-bond donors (Lipinski definition) is 1. The Morgan fingerprint density at radius 3 is 2.55 bits per heavy atom. The van der Waals surface area contributed by atoms with Crippen LogP contribution in [0.1, 0.15) is 11.1 Å². The third kappa shape index (κ3) is 6.63. The number of nitriles is 1. The minimum atomic E-state index is -0.498. The Morgan fingerprint density at radius 2 is 1.90 bits per heavy atom. The van der Waals surface area contributed by atoms with E-state index in [4.69, 9.17) is 4.74 Å². The van der Waals surface area contributed by atoms with E-state index in [1.807, 2.05) is 6.07 Å². The first kappa shape index (κ1) is 23.4. The lowest BCUT2D eigenvalue weighted by Crippen LogP contribution is -2.13. The summed E-state index contributed by atoms with van der Waals surface area (Å²) >= 11 is 8.92. The van der Waals surface area contributed by atoms with Gasteiger partial charge in [-0.3, -0.25) is 4.79 Å². The predicted octanol–water partition coefficient (Wildman–Crippen LogP) is 7.08. The van der Waals surface area contributed by atoms with Crippen LogP contribution in [0.15, 0.2) is 75.2 Å². The van der Waals surface area contributed by atoms with Crippen LogP contribution in [0.25, 0.3) is 6.08 Å². The molecule has 0 saturated heterocycles. The smallest absolute Gasteiger partial charge is 0.266 e. The second kappa shape index (κ2) is 10.9. The van der Waals surface area contributed by atoms with Crippen molar-refractivity contribution in [2.24, 2.45) is 0 Å². The van der Waals surface area contributed by atoms with Crippen LogP contribution >= 0.6 is 54.5 Å². The van der Waals surface area contributed by atoms with Crippen molar-refractivity contribution in [3.63, 3.8) is 0 Å². The van der Waals surface area contributed by atoms with Crippen LogP contribution in [0, 0.1) is 20.7 Å². The summed E-state index contributed by atoms with van der Waals surface area (Å²) in [7, 11) is 0. The van der Waals surface area contributed by atoms with Gasteiger partial charge in [-0.1, -0.05) is 28.1 Å². The molecule has 3 aromatic rings. The molecule has 3 rings (SSSR count). The van der Waals surface area contributed by atoms with Crippen molar-refractivity contribution in [1.82, 2.24) is 0 Å². The van der Waals surface area contributed by atoms with Crippen LogP contribution in [0.5, 0.6) is 5.75 Å². The SMILES string of the molecule is N#C/C(=C/c1cc(Br)c(OCc2cccc(F)c2)c(I)c1)C(=O)Nc1ccc(Br)cc1. The van der Waals surface area contributed by atoms with Crippen LogP contribution in [-0.2, 0) is 11.4 Å². The zero-order valence-electron chi connectivity index (χ0n) is 15.8. The standard InChI is InChI=1S/C23H14Br2FIN2O2/c24-17-4-6-19(7-5-17)29-23(30)16(12-28)8-15-10-20(25)22(21(27)11-15)31-13-14-2-1-3-18(26)9-14/h1-11H,13H2,(H,29,30)/b16-8-. The maximum atomic E-state index is 13.3. The number of anilines is 1. The number of amides is 1. The average molecular weight is 656 g/mol. The number of nitrogens with one attached hydrogen (secondary N) is 1. The van der Waals surface area contributed by atoms with E-state index in [0.29, 0.717) is 27.0 Å². The van der Waals surface area contributed by atoms with E-state index in [1.54, 1.807) is 48.5 Å². The highest BCUT2D eigenvalue weighted by Gasteiger charge is 2.13. The third-order valence-corrected chi connectivity index (χ3v) is 5.99. The topological polar surface area (TPSA) is 62.1 Å². The van der Waals surface area contributed by atoms with Gasteiger partial charge in [0.2, 0.25) is 0 Å². The van der Waals surface area contributed by atoms with E-state index >= 15 is 0 Å². The zero-order chi connectivity index (χ0) is 22.4. The van der Waals surface area contributed by atoms with Gasteiger partial charge in [-0.2, -0.15) is 5.26 Å². The molecule has 0 radical (unpaired) electrons. The van der Waals surface area contributed by atoms with Gasteiger partial charge in [-0.05, 0) is 104 Å². The van der Waals surface area contributed by atoms with Gasteiger partial charge in [0, 0.05) is 10.2 Å². The van der Waals surface area contributed by atoms with Crippen molar-refractivity contribution in [2.75, 3.05) is 5.32 Å². The van der Waals surface area contributed by atoms with Gasteiger partial charge in [-0.15, -0.1) is 0 Å². The first-order valence-electron chi connectivity index (χ1n) is 8.90. The highest BCUT2D eigenvalue weighted by molar-refractivity contribution is 14.1. The summed E-state index contributed by atoms with van der Waals surface area (Å²) in [5, 5.41) is 12.2. The molecule has 0 aliphatic heterocycles. The van der Waals surface area contributed by atoms with Gasteiger partial charge in [0.15, 0.2) is 0 Å². The summed E-state index contributed by atoms with van der Waals surface area (Å²) < 4.78 is 21.5. The number of carbonyl (C=O) groups is 1. The minimum absolute atomic E-state index is 0.0287. The Morgan fingerprint density at radius 1 is 1.16 bits per heavy atom. The summed E-state index contributed by atoms with van der Waals surface area (Å²) in [5.74, 6) is -0.219. The first-order chi connectivity index (χ1) is 14.9. The van der Waals surface area contributed by atoms with E-state index in [-0.39, 0.29) is 18.0 Å². The Kier molecular flexibility index (Phi) is 8.23. The van der Waals surface area contributed by atoms with Crippen LogP contribution in [0.4, 0.5) is 10.1 Å². The van der Waals surface area contributed by atoms with Crippen molar-refractivity contribution in [3.05, 3.63) is 95.7 Å². The predicted molar refractivity (Wildman–Crippen MR) is 134 cm³/mol. The van der Waals surface area contributed by atoms with Crippen molar-refractivity contribution in [1.29, 1.82) is 5.26 Å². The molecule has 156 valence electrons. The van der Waals surface area contributed by atoms with Crippen LogP contribution < -0.4 is 10.1 Å². The molecule has 0 unspecified atom stereocenters. The summed E-state index contributed by atoms with van der Waals surface area (Å²) in [4.78, 5) is 12.5. The summed E-state index contributed by atoms with van der Waals surface area (Å²) in [5.41, 5.74) is 1.94. The number of carbonyl (C=O) groups excluding carboxylic acids is 1. The second-order valence-electron chi connectivity index (χ2n) is 6.36. The molecule has 3 aromatic carbocycles. The normalized spacial score (nSPS) is 11.0. The fraction of sp³-hybridized carbons (Fsp3) is 0.0435. The lowest BCUT2D eigenvalue weighted by atomic mass is 10.1. The number of hydrogen-bond acceptors (Lipinski definition) is 3. The lowest BCUT2D eigenvalue weighted by molar-refractivity contribution is -0.112. The second-order valence-corrected chi connectivity index (χ2v) is 9.30. The van der Waals surface area contributed by atoms with E-state index < -0.39 is 5.91 Å². The summed E-state index contributed by atoms with van der Waals surface area (Å²) in [6.45, 7) is 0.209. The minimum Gasteiger partial charge on any atom is -0.487 e. The molecule has 0 aliphatic rings. The van der Waals surface area contributed by atoms with Crippen molar-refractivity contribution in [3.8, 4) is 11.8 Å². The van der Waals surface area contributed by atoms with Gasteiger partial charge in [0.25, 0.3) is 5.91 Å². The Balaban J connectivity index is 1.76. The van der Waals surface area contributed by atoms with Crippen LogP contribution in [0.3, 0.4) is 0 Å². The van der Waals surface area contributed by atoms with E-state index in [0.717, 1.165) is 8.04 Å². The monoisotopic (exact) mass is 654 g/mol. The molecule has 4 nitrogen and oxygen atoms in total. The Labute approximate surface area is 209 Å². The first-order valence-corrected chi connectivity index (χ1v) is 11.6. The highest BCUT2D eigenvalue weighted by atomic mass is 127. The average Bonchev–Trinajstić information content (AvgIpc) is 2.73. The number of ether oxygens (including phenoxy) is 1. The van der Waals surface area contributed by atoms with Crippen molar-refractivity contribution in [2.45, 2.75) is 6.61 Å². The molecule has 0 aromatic heterocycles. The third-order valence-electron chi connectivity index (χ3n) is 4.07. The fourth-order valence-corrected chi connectivity index (χ4v) is 4.66. The molecule has 31 heavy (non-hydrogen) atoms. The van der Waals surface area contributed by atoms with Gasteiger partial charge in [0.05, 0.1) is 8.04 Å². The molecule has 1 amide bonds. The van der Waals surface area contributed by atoms with Gasteiger partial charge in [-0.25, -0.2) is 4.39 Å². The van der Waals surface area contributed by atoms with E-state index in [9.17, 15) is 14.4 Å². The number of rotatable bonds is 6. The van der Waals surface area contributed by atoms with Crippen molar-refractivity contribution >= 4 is 72.1 Å². The molecule has 0 bridgehead atoms. The maximum absolute atomic E-state index is 13.3. The van der Waals surface area contributed by atoms with Gasteiger partial charge < -0.3 is 10.1 Å². The van der Waals surface area contributed by atoms with Crippen molar-refractivity contribution < 1.29 is 13.9 Å². The van der Waals surface area contributed by atoms with Gasteiger partial charge >= 0.3 is 0 Å². The fourth-order valence-electron chi connectivity index (χ4n) is 2.63. The van der Waals surface area contributed by atoms with Gasteiger partial charge in [0.1, 0.15) is 29.8 Å². The molecule has 0 atom stereocenters. The van der Waals surface area contributed by atoms with Crippen LogP contribution in [-0.4, -0.2) is 5.91 Å². The molecular formula is C23H14Br2FIN2O2. The summed E-state index contributed by atoms with van der Waals surface area (Å²) in [6.07, 6.45) is 1.51. The Bertz CT molecular complexity index is 1170. The Hall–Kier alpha value is -2.22. The molecule has 0 heterocycles. The zero-order valence-corrected chi connectivity index (χ0v) is 21.2. The highest BCUT2D eigenvalue weighted by Crippen LogP contribution is 2.33. The van der Waals surface area contributed by atoms with E-state index in [2.05, 4.69) is 59.8 Å². The molecule has 1 N–H and O–H groups in total. The molecule has 0 saturated carbocycles. The lowest BCUT2D eigenvalue weighted by Gasteiger charge is -2.12. The molecule has 0 fully saturated rings.